The molecule has 2 aliphatic rings. The zero-order valence-corrected chi connectivity index (χ0v) is 18.5. The van der Waals surface area contributed by atoms with E-state index in [4.69, 9.17) is 4.52 Å². The first-order valence-electron chi connectivity index (χ1n) is 11.5. The van der Waals surface area contributed by atoms with Crippen molar-refractivity contribution in [1.29, 1.82) is 0 Å². The van der Waals surface area contributed by atoms with Gasteiger partial charge in [0.1, 0.15) is 0 Å². The Balaban J connectivity index is 1.50. The molecule has 1 aromatic carbocycles. The third-order valence-electron chi connectivity index (χ3n) is 6.87. The van der Waals surface area contributed by atoms with Crippen LogP contribution in [0, 0.1) is 0 Å². The highest BCUT2D eigenvalue weighted by Gasteiger charge is 2.50. The summed E-state index contributed by atoms with van der Waals surface area (Å²) >= 11 is 0. The smallest absolute Gasteiger partial charge is 0.227 e. The minimum Gasteiger partial charge on any atom is -0.339 e. The van der Waals surface area contributed by atoms with Crippen LogP contribution in [0.1, 0.15) is 69.7 Å². The topological polar surface area (TPSA) is 79.5 Å². The van der Waals surface area contributed by atoms with Crippen molar-refractivity contribution in [3.05, 3.63) is 47.6 Å². The largest absolute Gasteiger partial charge is 0.339 e. The van der Waals surface area contributed by atoms with E-state index in [1.807, 2.05) is 34.9 Å². The summed E-state index contributed by atoms with van der Waals surface area (Å²) in [5.41, 5.74) is 0.785. The van der Waals surface area contributed by atoms with Gasteiger partial charge in [-0.3, -0.25) is 9.59 Å². The molecule has 0 bridgehead atoms. The number of likely N-dealkylation sites (tertiary alicyclic amines) is 2. The minimum atomic E-state index is -0.344. The summed E-state index contributed by atoms with van der Waals surface area (Å²) in [6, 6.07) is 10.2. The number of aromatic nitrogens is 2. The summed E-state index contributed by atoms with van der Waals surface area (Å²) < 4.78 is 5.24. The molecule has 0 spiro atoms. The van der Waals surface area contributed by atoms with E-state index in [0.29, 0.717) is 44.1 Å². The Morgan fingerprint density at radius 3 is 2.81 bits per heavy atom. The number of hydrogen-bond donors (Lipinski definition) is 0. The summed E-state index contributed by atoms with van der Waals surface area (Å²) in [4.78, 5) is 34.7. The molecule has 0 aliphatic carbocycles. The average molecular weight is 425 g/mol. The van der Waals surface area contributed by atoms with E-state index >= 15 is 0 Å². The van der Waals surface area contributed by atoms with Gasteiger partial charge in [0, 0.05) is 38.8 Å². The molecule has 2 saturated heterocycles. The third kappa shape index (κ3) is 4.50. The summed E-state index contributed by atoms with van der Waals surface area (Å²) in [6.07, 6.45) is 5.70. The lowest BCUT2D eigenvalue weighted by Crippen LogP contribution is -2.58. The van der Waals surface area contributed by atoms with Gasteiger partial charge in [-0.1, -0.05) is 48.8 Å². The predicted molar refractivity (Wildman–Crippen MR) is 116 cm³/mol. The fourth-order valence-electron chi connectivity index (χ4n) is 5.05. The molecule has 0 unspecified atom stereocenters. The lowest BCUT2D eigenvalue weighted by molar-refractivity contribution is -0.144. The highest BCUT2D eigenvalue weighted by Crippen LogP contribution is 2.40. The molecule has 31 heavy (non-hydrogen) atoms. The number of aryl methyl sites for hydroxylation is 2. The Labute approximate surface area is 183 Å². The van der Waals surface area contributed by atoms with Crippen LogP contribution >= 0.6 is 0 Å². The number of nitrogens with zero attached hydrogens (tertiary/aromatic N) is 4. The van der Waals surface area contributed by atoms with Crippen molar-refractivity contribution in [3.63, 3.8) is 0 Å². The molecule has 4 rings (SSSR count). The van der Waals surface area contributed by atoms with Gasteiger partial charge in [0.05, 0.1) is 11.6 Å². The average Bonchev–Trinajstić information content (AvgIpc) is 3.38. The Morgan fingerprint density at radius 2 is 2.06 bits per heavy atom. The van der Waals surface area contributed by atoms with E-state index in [2.05, 4.69) is 29.2 Å². The van der Waals surface area contributed by atoms with Gasteiger partial charge < -0.3 is 14.3 Å². The lowest BCUT2D eigenvalue weighted by Gasteiger charge is -2.45. The Kier molecular flexibility index (Phi) is 6.39. The summed E-state index contributed by atoms with van der Waals surface area (Å²) in [5, 5.41) is 3.91. The molecule has 0 N–H and O–H groups in total. The van der Waals surface area contributed by atoms with Gasteiger partial charge in [-0.2, -0.15) is 4.98 Å². The first-order chi connectivity index (χ1) is 15.0. The van der Waals surface area contributed by atoms with Gasteiger partial charge in [-0.15, -0.1) is 0 Å². The second kappa shape index (κ2) is 9.20. The Hall–Kier alpha value is -2.70. The van der Waals surface area contributed by atoms with Gasteiger partial charge in [0.15, 0.2) is 5.82 Å². The normalized spacial score (nSPS) is 24.1. The number of rotatable bonds is 6. The number of carbonyl (C=O) groups excluding carboxylic acids is 2. The zero-order valence-electron chi connectivity index (χ0n) is 18.5. The van der Waals surface area contributed by atoms with Crippen LogP contribution in [0.25, 0.3) is 0 Å². The van der Waals surface area contributed by atoms with Gasteiger partial charge in [-0.25, -0.2) is 0 Å². The van der Waals surface area contributed by atoms with Crippen molar-refractivity contribution in [1.82, 2.24) is 19.9 Å². The maximum absolute atomic E-state index is 13.2. The lowest BCUT2D eigenvalue weighted by atomic mass is 9.84. The molecule has 0 radical (unpaired) electrons. The third-order valence-corrected chi connectivity index (χ3v) is 6.87. The number of carbonyl (C=O) groups is 2. The molecular formula is C24H32N4O3. The molecule has 7 nitrogen and oxygen atoms in total. The van der Waals surface area contributed by atoms with Gasteiger partial charge in [0.2, 0.25) is 17.7 Å². The van der Waals surface area contributed by atoms with E-state index in [1.54, 1.807) is 0 Å². The van der Waals surface area contributed by atoms with Gasteiger partial charge in [-0.05, 0) is 31.7 Å². The highest BCUT2D eigenvalue weighted by molar-refractivity contribution is 5.79. The standard InChI is InChI=1S/C24H32N4O3/c1-3-20-25-21(31-26-20)13-14-22(29)27-16-15-24(2)19(27)11-7-8-12-23(30)28(24)17-18-9-5-4-6-10-18/h4-6,9-10,19H,3,7-8,11-17H2,1-2H3/t19-,24-/m1/s1. The first kappa shape index (κ1) is 21.5. The maximum Gasteiger partial charge on any atom is 0.227 e. The predicted octanol–water partition coefficient (Wildman–Crippen LogP) is 3.53. The van der Waals surface area contributed by atoms with Crippen molar-refractivity contribution in [2.45, 2.75) is 83.3 Å². The monoisotopic (exact) mass is 424 g/mol. The Morgan fingerprint density at radius 1 is 1.26 bits per heavy atom. The second-order valence-corrected chi connectivity index (χ2v) is 8.88. The van der Waals surface area contributed by atoms with E-state index in [0.717, 1.165) is 37.7 Å². The van der Waals surface area contributed by atoms with E-state index in [9.17, 15) is 9.59 Å². The quantitative estimate of drug-likeness (QED) is 0.709. The highest BCUT2D eigenvalue weighted by atomic mass is 16.5. The van der Waals surface area contributed by atoms with Crippen molar-refractivity contribution in [3.8, 4) is 0 Å². The number of amides is 2. The Bertz CT molecular complexity index is 913. The van der Waals surface area contributed by atoms with Crippen LogP contribution in [0.2, 0.25) is 0 Å². The molecule has 166 valence electrons. The number of benzene rings is 1. The molecule has 2 atom stereocenters. The van der Waals surface area contributed by atoms with Crippen LogP contribution in [0.4, 0.5) is 0 Å². The molecule has 2 aliphatic heterocycles. The van der Waals surface area contributed by atoms with Crippen molar-refractivity contribution in [2.24, 2.45) is 0 Å². The molecule has 7 heteroatoms. The van der Waals surface area contributed by atoms with Gasteiger partial charge >= 0.3 is 0 Å². The van der Waals surface area contributed by atoms with E-state index < -0.39 is 0 Å². The van der Waals surface area contributed by atoms with Crippen molar-refractivity contribution in [2.75, 3.05) is 6.54 Å². The fourth-order valence-corrected chi connectivity index (χ4v) is 5.05. The fraction of sp³-hybridized carbons (Fsp3) is 0.583. The minimum absolute atomic E-state index is 0.0434. The number of fused-ring (bicyclic) bond motifs is 1. The van der Waals surface area contributed by atoms with E-state index in [-0.39, 0.29) is 23.4 Å². The van der Waals surface area contributed by atoms with Crippen molar-refractivity contribution < 1.29 is 14.1 Å². The molecular weight excluding hydrogens is 392 g/mol. The van der Waals surface area contributed by atoms with E-state index in [1.165, 1.54) is 0 Å². The zero-order chi connectivity index (χ0) is 21.8. The number of hydrogen-bond acceptors (Lipinski definition) is 5. The molecule has 1 aromatic heterocycles. The SMILES string of the molecule is CCc1noc(CCC(=O)N2CC[C@]3(C)[C@H]2CCCCC(=O)N3Cc2ccccc2)n1. The maximum atomic E-state index is 13.2. The summed E-state index contributed by atoms with van der Waals surface area (Å²) in [5.74, 6) is 1.50. The van der Waals surface area contributed by atoms with Crippen LogP contribution in [0.15, 0.2) is 34.9 Å². The molecule has 3 heterocycles. The van der Waals surface area contributed by atoms with Crippen LogP contribution in [-0.4, -0.2) is 49.9 Å². The van der Waals surface area contributed by atoms with Crippen LogP contribution in [0.5, 0.6) is 0 Å². The van der Waals surface area contributed by atoms with Crippen LogP contribution < -0.4 is 0 Å². The van der Waals surface area contributed by atoms with Crippen LogP contribution in [0.3, 0.4) is 0 Å². The second-order valence-electron chi connectivity index (χ2n) is 8.88. The summed E-state index contributed by atoms with van der Waals surface area (Å²) in [6.45, 7) is 5.42. The summed E-state index contributed by atoms with van der Waals surface area (Å²) in [7, 11) is 0. The van der Waals surface area contributed by atoms with Crippen molar-refractivity contribution >= 4 is 11.8 Å². The molecule has 2 fully saturated rings. The molecule has 2 aromatic rings. The van der Waals surface area contributed by atoms with Gasteiger partial charge in [0.25, 0.3) is 0 Å². The first-order valence-corrected chi connectivity index (χ1v) is 11.5. The molecule has 0 saturated carbocycles. The molecule has 2 amide bonds. The van der Waals surface area contributed by atoms with Crippen LogP contribution in [-0.2, 0) is 29.0 Å².